The van der Waals surface area contributed by atoms with Gasteiger partial charge >= 0.3 is 0 Å². The Morgan fingerprint density at radius 1 is 0.773 bits per heavy atom. The summed E-state index contributed by atoms with van der Waals surface area (Å²) in [4.78, 5) is 8.38. The zero-order valence-electron chi connectivity index (χ0n) is 11.4. The van der Waals surface area contributed by atoms with Crippen molar-refractivity contribution in [3.05, 3.63) is 71.0 Å². The molecule has 0 bridgehead atoms. The molecule has 0 unspecified atom stereocenters. The average molecular weight is 331 g/mol. The second-order valence-electron chi connectivity index (χ2n) is 4.53. The lowest BCUT2D eigenvalue weighted by Crippen LogP contribution is -1.98. The maximum Gasteiger partial charge on any atom is 0.135 e. The van der Waals surface area contributed by atoms with Gasteiger partial charge in [-0.3, -0.25) is 0 Å². The second-order valence-corrected chi connectivity index (χ2v) is 5.37. The van der Waals surface area contributed by atoms with Crippen molar-refractivity contribution in [3.63, 3.8) is 0 Å². The number of benzene rings is 2. The van der Waals surface area contributed by atoms with E-state index in [1.807, 2.05) is 30.3 Å². The predicted molar refractivity (Wildman–Crippen MR) is 91.5 cm³/mol. The minimum absolute atomic E-state index is 0.570. The second kappa shape index (κ2) is 6.64. The van der Waals surface area contributed by atoms with Crippen LogP contribution in [0.25, 0.3) is 0 Å². The highest BCUT2D eigenvalue weighted by molar-refractivity contribution is 6.35. The summed E-state index contributed by atoms with van der Waals surface area (Å²) in [6.07, 6.45) is 1.48. The number of aromatic nitrogens is 2. The predicted octanol–water partition coefficient (Wildman–Crippen LogP) is 5.27. The number of rotatable bonds is 4. The Morgan fingerprint density at radius 3 is 2.27 bits per heavy atom. The fourth-order valence-corrected chi connectivity index (χ4v) is 2.23. The minimum Gasteiger partial charge on any atom is -0.340 e. The van der Waals surface area contributed by atoms with Crippen molar-refractivity contribution < 1.29 is 0 Å². The van der Waals surface area contributed by atoms with Crippen molar-refractivity contribution in [2.45, 2.75) is 0 Å². The molecule has 2 aromatic carbocycles. The van der Waals surface area contributed by atoms with Crippen LogP contribution in [0.3, 0.4) is 0 Å². The molecule has 0 atom stereocenters. The molecule has 0 spiro atoms. The highest BCUT2D eigenvalue weighted by Crippen LogP contribution is 2.28. The van der Waals surface area contributed by atoms with E-state index in [9.17, 15) is 0 Å². The van der Waals surface area contributed by atoms with E-state index in [2.05, 4.69) is 20.6 Å². The Labute approximate surface area is 138 Å². The summed E-state index contributed by atoms with van der Waals surface area (Å²) in [6.45, 7) is 0. The standard InChI is InChI=1S/C16H12Cl2N4/c17-11-6-7-13(18)14(8-11)22-16-9-15(19-10-20-16)21-12-4-2-1-3-5-12/h1-10H,(H2,19,20,21,22). The van der Waals surface area contributed by atoms with Gasteiger partial charge < -0.3 is 10.6 Å². The Balaban J connectivity index is 1.81. The quantitative estimate of drug-likeness (QED) is 0.684. The highest BCUT2D eigenvalue weighted by atomic mass is 35.5. The normalized spacial score (nSPS) is 10.3. The van der Waals surface area contributed by atoms with Gasteiger partial charge in [0.05, 0.1) is 10.7 Å². The van der Waals surface area contributed by atoms with Crippen LogP contribution in [0.5, 0.6) is 0 Å². The van der Waals surface area contributed by atoms with Gasteiger partial charge in [0.25, 0.3) is 0 Å². The SMILES string of the molecule is Clc1ccc(Cl)c(Nc2cc(Nc3ccccc3)ncn2)c1. The number of hydrogen-bond donors (Lipinski definition) is 2. The lowest BCUT2D eigenvalue weighted by atomic mass is 10.3. The first-order valence-electron chi connectivity index (χ1n) is 6.57. The molecule has 0 aliphatic heterocycles. The minimum atomic E-state index is 0.570. The largest absolute Gasteiger partial charge is 0.340 e. The van der Waals surface area contributed by atoms with Crippen LogP contribution in [0, 0.1) is 0 Å². The third-order valence-corrected chi connectivity index (χ3v) is 3.47. The lowest BCUT2D eigenvalue weighted by molar-refractivity contribution is 1.17. The van der Waals surface area contributed by atoms with Crippen LogP contribution in [0.4, 0.5) is 23.0 Å². The molecule has 0 radical (unpaired) electrons. The molecular formula is C16H12Cl2N4. The molecule has 3 rings (SSSR count). The molecule has 22 heavy (non-hydrogen) atoms. The molecule has 6 heteroatoms. The number of anilines is 4. The van der Waals surface area contributed by atoms with Crippen LogP contribution in [0.1, 0.15) is 0 Å². The molecule has 1 aromatic heterocycles. The monoisotopic (exact) mass is 330 g/mol. The Bertz CT molecular complexity index is 778. The summed E-state index contributed by atoms with van der Waals surface area (Å²) in [5.74, 6) is 1.31. The summed E-state index contributed by atoms with van der Waals surface area (Å²) in [5.41, 5.74) is 1.64. The first-order chi connectivity index (χ1) is 10.7. The fraction of sp³-hybridized carbons (Fsp3) is 0. The Kier molecular flexibility index (Phi) is 4.42. The maximum atomic E-state index is 6.14. The number of nitrogens with one attached hydrogen (secondary N) is 2. The third-order valence-electron chi connectivity index (χ3n) is 2.90. The first-order valence-corrected chi connectivity index (χ1v) is 7.32. The molecule has 0 amide bonds. The molecule has 1 heterocycles. The molecule has 0 aliphatic carbocycles. The zero-order valence-corrected chi connectivity index (χ0v) is 12.9. The van der Waals surface area contributed by atoms with Crippen LogP contribution in [0.15, 0.2) is 60.9 Å². The lowest BCUT2D eigenvalue weighted by Gasteiger charge is -2.10. The fourth-order valence-electron chi connectivity index (χ4n) is 1.89. The van der Waals surface area contributed by atoms with Gasteiger partial charge in [-0.2, -0.15) is 0 Å². The molecule has 0 fully saturated rings. The van der Waals surface area contributed by atoms with Crippen LogP contribution < -0.4 is 10.6 Å². The van der Waals surface area contributed by atoms with E-state index in [-0.39, 0.29) is 0 Å². The van der Waals surface area contributed by atoms with Crippen LogP contribution in [0.2, 0.25) is 10.0 Å². The van der Waals surface area contributed by atoms with E-state index in [1.54, 1.807) is 24.3 Å². The van der Waals surface area contributed by atoms with Gasteiger partial charge in [0, 0.05) is 16.8 Å². The van der Waals surface area contributed by atoms with Gasteiger partial charge in [-0.05, 0) is 30.3 Å². The van der Waals surface area contributed by atoms with Crippen LogP contribution in [-0.4, -0.2) is 9.97 Å². The summed E-state index contributed by atoms with van der Waals surface area (Å²) < 4.78 is 0. The molecular weight excluding hydrogens is 319 g/mol. The van der Waals surface area contributed by atoms with Gasteiger partial charge in [-0.1, -0.05) is 41.4 Å². The topological polar surface area (TPSA) is 49.8 Å². The zero-order chi connectivity index (χ0) is 15.4. The molecule has 0 saturated heterocycles. The van der Waals surface area contributed by atoms with Crippen molar-refractivity contribution in [1.29, 1.82) is 0 Å². The Morgan fingerprint density at radius 2 is 1.50 bits per heavy atom. The summed E-state index contributed by atoms with van der Waals surface area (Å²) >= 11 is 12.1. The summed E-state index contributed by atoms with van der Waals surface area (Å²) in [6, 6.07) is 16.8. The average Bonchev–Trinajstić information content (AvgIpc) is 2.52. The molecule has 4 nitrogen and oxygen atoms in total. The van der Waals surface area contributed by atoms with Crippen molar-refractivity contribution in [2.24, 2.45) is 0 Å². The van der Waals surface area contributed by atoms with E-state index < -0.39 is 0 Å². The van der Waals surface area contributed by atoms with Gasteiger partial charge in [0.2, 0.25) is 0 Å². The highest BCUT2D eigenvalue weighted by Gasteiger charge is 2.04. The van der Waals surface area contributed by atoms with Gasteiger partial charge in [-0.15, -0.1) is 0 Å². The molecule has 110 valence electrons. The maximum absolute atomic E-state index is 6.14. The molecule has 0 aliphatic rings. The van der Waals surface area contributed by atoms with Crippen LogP contribution >= 0.6 is 23.2 Å². The summed E-state index contributed by atoms with van der Waals surface area (Å²) in [7, 11) is 0. The number of hydrogen-bond acceptors (Lipinski definition) is 4. The summed E-state index contributed by atoms with van der Waals surface area (Å²) in [5, 5.41) is 7.51. The van der Waals surface area contributed by atoms with Gasteiger partial charge in [0.15, 0.2) is 0 Å². The van der Waals surface area contributed by atoms with E-state index in [0.717, 1.165) is 5.69 Å². The molecule has 2 N–H and O–H groups in total. The van der Waals surface area contributed by atoms with Crippen LogP contribution in [-0.2, 0) is 0 Å². The number of nitrogens with zero attached hydrogens (tertiary/aromatic N) is 2. The smallest absolute Gasteiger partial charge is 0.135 e. The van der Waals surface area contributed by atoms with E-state index in [0.29, 0.717) is 27.4 Å². The van der Waals surface area contributed by atoms with E-state index in [1.165, 1.54) is 6.33 Å². The first kappa shape index (κ1) is 14.6. The molecule has 3 aromatic rings. The van der Waals surface area contributed by atoms with Crippen molar-refractivity contribution in [2.75, 3.05) is 10.6 Å². The molecule has 0 saturated carbocycles. The van der Waals surface area contributed by atoms with E-state index >= 15 is 0 Å². The Hall–Kier alpha value is -2.30. The van der Waals surface area contributed by atoms with Crippen molar-refractivity contribution >= 4 is 46.2 Å². The van der Waals surface area contributed by atoms with Crippen molar-refractivity contribution in [1.82, 2.24) is 9.97 Å². The third kappa shape index (κ3) is 3.67. The van der Waals surface area contributed by atoms with Crippen molar-refractivity contribution in [3.8, 4) is 0 Å². The van der Waals surface area contributed by atoms with E-state index in [4.69, 9.17) is 23.2 Å². The number of halogens is 2. The van der Waals surface area contributed by atoms with Gasteiger partial charge in [-0.25, -0.2) is 9.97 Å². The number of para-hydroxylation sites is 1. The van der Waals surface area contributed by atoms with Gasteiger partial charge in [0.1, 0.15) is 18.0 Å².